The molecule has 98 valence electrons. The molecular formula is C11H18O4S2. The Morgan fingerprint density at radius 1 is 1.12 bits per heavy atom. The zero-order chi connectivity index (χ0) is 12.7. The predicted molar refractivity (Wildman–Crippen MR) is 70.1 cm³/mol. The number of thioether (sulfide) groups is 2. The Bertz CT molecular complexity index is 246. The monoisotopic (exact) mass is 278 g/mol. The Morgan fingerprint density at radius 3 is 2.00 bits per heavy atom. The third-order valence-corrected chi connectivity index (χ3v) is 5.27. The average molecular weight is 278 g/mol. The third-order valence-electron chi connectivity index (χ3n) is 2.21. The third kappa shape index (κ3) is 4.43. The fourth-order valence-corrected chi connectivity index (χ4v) is 4.54. The Balaban J connectivity index is 2.69. The van der Waals surface area contributed by atoms with Gasteiger partial charge in [0.05, 0.1) is 17.8 Å². The van der Waals surface area contributed by atoms with Crippen LogP contribution in [0.5, 0.6) is 0 Å². The normalized spacial score (nSPS) is 16.9. The van der Waals surface area contributed by atoms with Gasteiger partial charge in [-0.3, -0.25) is 9.59 Å². The number of hydrogen-bond donors (Lipinski definition) is 0. The summed E-state index contributed by atoms with van der Waals surface area (Å²) in [5.74, 6) is 0.251. The van der Waals surface area contributed by atoms with Crippen molar-refractivity contribution in [3.8, 4) is 0 Å². The Hall–Kier alpha value is -0.360. The van der Waals surface area contributed by atoms with Gasteiger partial charge < -0.3 is 9.47 Å². The fourth-order valence-electron chi connectivity index (χ4n) is 1.48. The second kappa shape index (κ2) is 7.87. The highest BCUT2D eigenvalue weighted by atomic mass is 32.2. The van der Waals surface area contributed by atoms with Crippen LogP contribution in [0.4, 0.5) is 0 Å². The van der Waals surface area contributed by atoms with E-state index in [9.17, 15) is 9.59 Å². The van der Waals surface area contributed by atoms with Crippen LogP contribution >= 0.6 is 23.5 Å². The van der Waals surface area contributed by atoms with Crippen LogP contribution in [0.15, 0.2) is 0 Å². The molecule has 6 heteroatoms. The standard InChI is InChI=1S/C11H18O4S2/c1-3-14-9(12)8(10(13)15-4-2)11-16-6-5-7-17-11/h8,11H,3-7H2,1-2H3. The molecule has 1 saturated heterocycles. The molecule has 0 amide bonds. The summed E-state index contributed by atoms with van der Waals surface area (Å²) in [6.07, 6.45) is 1.12. The highest BCUT2D eigenvalue weighted by Gasteiger charge is 2.39. The molecule has 0 aliphatic carbocycles. The van der Waals surface area contributed by atoms with E-state index in [0.29, 0.717) is 0 Å². The minimum atomic E-state index is -0.787. The van der Waals surface area contributed by atoms with E-state index >= 15 is 0 Å². The van der Waals surface area contributed by atoms with E-state index in [1.54, 1.807) is 37.4 Å². The van der Waals surface area contributed by atoms with Gasteiger partial charge in [0, 0.05) is 0 Å². The van der Waals surface area contributed by atoms with Crippen molar-refractivity contribution in [3.63, 3.8) is 0 Å². The second-order valence-electron chi connectivity index (χ2n) is 3.45. The summed E-state index contributed by atoms with van der Waals surface area (Å²) >= 11 is 3.28. The van der Waals surface area contributed by atoms with E-state index in [2.05, 4.69) is 0 Å². The average Bonchev–Trinajstić information content (AvgIpc) is 2.31. The molecule has 0 aromatic heterocycles. The van der Waals surface area contributed by atoms with Crippen molar-refractivity contribution in [1.82, 2.24) is 0 Å². The van der Waals surface area contributed by atoms with Crippen LogP contribution in [0.2, 0.25) is 0 Å². The first-order chi connectivity index (χ1) is 8.20. The SMILES string of the molecule is CCOC(=O)C(C(=O)OCC)C1SCCCS1. The highest BCUT2D eigenvalue weighted by molar-refractivity contribution is 8.17. The van der Waals surface area contributed by atoms with Gasteiger partial charge in [-0.15, -0.1) is 23.5 Å². The Labute approximate surface area is 110 Å². The fraction of sp³-hybridized carbons (Fsp3) is 0.818. The van der Waals surface area contributed by atoms with Gasteiger partial charge in [-0.1, -0.05) is 0 Å². The molecule has 0 N–H and O–H groups in total. The second-order valence-corrected chi connectivity index (χ2v) is 6.24. The molecular weight excluding hydrogens is 260 g/mol. The van der Waals surface area contributed by atoms with Crippen LogP contribution in [0.1, 0.15) is 20.3 Å². The lowest BCUT2D eigenvalue weighted by molar-refractivity contribution is -0.160. The van der Waals surface area contributed by atoms with Gasteiger partial charge in [0.1, 0.15) is 0 Å². The van der Waals surface area contributed by atoms with Crippen LogP contribution in [0, 0.1) is 5.92 Å². The molecule has 0 bridgehead atoms. The lowest BCUT2D eigenvalue weighted by atomic mass is 10.2. The number of hydrogen-bond acceptors (Lipinski definition) is 6. The van der Waals surface area contributed by atoms with E-state index < -0.39 is 17.9 Å². The predicted octanol–water partition coefficient (Wildman–Crippen LogP) is 1.93. The summed E-state index contributed by atoms with van der Waals surface area (Å²) in [5.41, 5.74) is 0. The van der Waals surface area contributed by atoms with Crippen molar-refractivity contribution in [3.05, 3.63) is 0 Å². The molecule has 4 nitrogen and oxygen atoms in total. The van der Waals surface area contributed by atoms with Gasteiger partial charge in [-0.25, -0.2) is 0 Å². The molecule has 1 aliphatic rings. The zero-order valence-corrected chi connectivity index (χ0v) is 11.8. The van der Waals surface area contributed by atoms with Crippen molar-refractivity contribution < 1.29 is 19.1 Å². The van der Waals surface area contributed by atoms with E-state index in [1.807, 2.05) is 0 Å². The van der Waals surface area contributed by atoms with Crippen LogP contribution < -0.4 is 0 Å². The molecule has 1 aliphatic heterocycles. The van der Waals surface area contributed by atoms with Crippen LogP contribution in [-0.4, -0.2) is 41.2 Å². The minimum Gasteiger partial charge on any atom is -0.465 e. The van der Waals surface area contributed by atoms with Gasteiger partial charge >= 0.3 is 11.9 Å². The van der Waals surface area contributed by atoms with E-state index in [0.717, 1.165) is 17.9 Å². The first-order valence-corrected chi connectivity index (χ1v) is 7.87. The lowest BCUT2D eigenvalue weighted by Crippen LogP contribution is -2.36. The molecule has 1 fully saturated rings. The quantitative estimate of drug-likeness (QED) is 0.566. The molecule has 0 saturated carbocycles. The van der Waals surface area contributed by atoms with Gasteiger partial charge in [0.15, 0.2) is 5.92 Å². The number of ether oxygens (including phenoxy) is 2. The van der Waals surface area contributed by atoms with Crippen molar-refractivity contribution >= 4 is 35.5 Å². The molecule has 0 unspecified atom stereocenters. The first kappa shape index (κ1) is 14.7. The summed E-state index contributed by atoms with van der Waals surface area (Å²) in [6.45, 7) is 4.05. The van der Waals surface area contributed by atoms with Gasteiger partial charge in [-0.05, 0) is 31.8 Å². The molecule has 0 aromatic carbocycles. The smallest absolute Gasteiger partial charge is 0.322 e. The Kier molecular flexibility index (Phi) is 6.80. The molecule has 0 spiro atoms. The summed E-state index contributed by atoms with van der Waals surface area (Å²) < 4.78 is 9.85. The number of esters is 2. The first-order valence-electron chi connectivity index (χ1n) is 5.77. The van der Waals surface area contributed by atoms with Crippen LogP contribution in [-0.2, 0) is 19.1 Å². The molecule has 1 rings (SSSR count). The maximum absolute atomic E-state index is 11.8. The number of carbonyl (C=O) groups excluding carboxylic acids is 2. The summed E-state index contributed by atoms with van der Waals surface area (Å²) in [6, 6.07) is 0. The topological polar surface area (TPSA) is 52.6 Å². The van der Waals surface area contributed by atoms with Crippen molar-refractivity contribution in [2.24, 2.45) is 5.92 Å². The zero-order valence-electron chi connectivity index (χ0n) is 10.1. The molecule has 1 heterocycles. The minimum absolute atomic E-state index is 0.0677. The van der Waals surface area contributed by atoms with E-state index in [1.165, 1.54) is 0 Å². The number of rotatable bonds is 5. The Morgan fingerprint density at radius 2 is 1.59 bits per heavy atom. The largest absolute Gasteiger partial charge is 0.465 e. The maximum atomic E-state index is 11.8. The van der Waals surface area contributed by atoms with Crippen LogP contribution in [0.25, 0.3) is 0 Å². The highest BCUT2D eigenvalue weighted by Crippen LogP contribution is 2.37. The lowest BCUT2D eigenvalue weighted by Gasteiger charge is -2.26. The maximum Gasteiger partial charge on any atom is 0.322 e. The summed E-state index contributed by atoms with van der Waals surface area (Å²) in [4.78, 5) is 23.6. The number of carbonyl (C=O) groups is 2. The summed E-state index contributed by atoms with van der Waals surface area (Å²) in [5, 5.41) is 0. The molecule has 0 radical (unpaired) electrons. The van der Waals surface area contributed by atoms with Gasteiger partial charge in [0.25, 0.3) is 0 Å². The van der Waals surface area contributed by atoms with E-state index in [-0.39, 0.29) is 17.8 Å². The van der Waals surface area contributed by atoms with Crippen molar-refractivity contribution in [2.75, 3.05) is 24.7 Å². The summed E-state index contributed by atoms with van der Waals surface area (Å²) in [7, 11) is 0. The molecule has 17 heavy (non-hydrogen) atoms. The van der Waals surface area contributed by atoms with Gasteiger partial charge in [-0.2, -0.15) is 0 Å². The van der Waals surface area contributed by atoms with E-state index in [4.69, 9.17) is 9.47 Å². The van der Waals surface area contributed by atoms with Crippen molar-refractivity contribution in [1.29, 1.82) is 0 Å². The molecule has 0 aromatic rings. The molecule has 0 atom stereocenters. The van der Waals surface area contributed by atoms with Crippen LogP contribution in [0.3, 0.4) is 0 Å². The van der Waals surface area contributed by atoms with Crippen molar-refractivity contribution in [2.45, 2.75) is 24.9 Å². The van der Waals surface area contributed by atoms with Gasteiger partial charge in [0.2, 0.25) is 0 Å².